The van der Waals surface area contributed by atoms with Crippen LogP contribution in [0.3, 0.4) is 0 Å². The summed E-state index contributed by atoms with van der Waals surface area (Å²) in [5, 5.41) is 0. The summed E-state index contributed by atoms with van der Waals surface area (Å²) in [5.41, 5.74) is 3.02. The zero-order chi connectivity index (χ0) is 20.9. The Morgan fingerprint density at radius 2 is 1.53 bits per heavy atom. The van der Waals surface area contributed by atoms with Crippen molar-refractivity contribution in [2.45, 2.75) is 6.42 Å². The van der Waals surface area contributed by atoms with Crippen LogP contribution in [0, 0.1) is 5.82 Å². The normalized spacial score (nSPS) is 17.6. The molecule has 0 radical (unpaired) electrons. The molecule has 30 heavy (non-hydrogen) atoms. The van der Waals surface area contributed by atoms with Crippen molar-refractivity contribution in [2.24, 2.45) is 0 Å². The second-order valence-electron chi connectivity index (χ2n) is 7.76. The van der Waals surface area contributed by atoms with E-state index in [2.05, 4.69) is 23.1 Å². The van der Waals surface area contributed by atoms with Crippen LogP contribution in [-0.2, 0) is 4.79 Å². The van der Waals surface area contributed by atoms with Crippen molar-refractivity contribution in [3.63, 3.8) is 0 Å². The van der Waals surface area contributed by atoms with E-state index in [-0.39, 0.29) is 17.6 Å². The average molecular weight is 407 g/mol. The standard InChI is InChI=1S/C24H26FN3O2/c25-22-8-6-21(7-9-22)24(30)28-16-14-26(15-17-28)18-23(29)27-12-10-20(11-13-27)19-4-2-1-3-5-19/h1-10H,11-18H2. The van der Waals surface area contributed by atoms with Crippen LogP contribution in [0.4, 0.5) is 4.39 Å². The van der Waals surface area contributed by atoms with Gasteiger partial charge < -0.3 is 9.80 Å². The van der Waals surface area contributed by atoms with Crippen LogP contribution in [0.25, 0.3) is 5.57 Å². The molecule has 6 heteroatoms. The lowest BCUT2D eigenvalue weighted by Gasteiger charge is -2.36. The van der Waals surface area contributed by atoms with Crippen LogP contribution in [0.2, 0.25) is 0 Å². The maximum absolute atomic E-state index is 13.1. The molecule has 5 nitrogen and oxygen atoms in total. The Morgan fingerprint density at radius 1 is 0.833 bits per heavy atom. The summed E-state index contributed by atoms with van der Waals surface area (Å²) >= 11 is 0. The van der Waals surface area contributed by atoms with Crippen molar-refractivity contribution in [2.75, 3.05) is 45.8 Å². The largest absolute Gasteiger partial charge is 0.338 e. The molecule has 1 saturated heterocycles. The van der Waals surface area contributed by atoms with E-state index in [1.165, 1.54) is 35.4 Å². The lowest BCUT2D eigenvalue weighted by molar-refractivity contribution is -0.132. The predicted octanol–water partition coefficient (Wildman–Crippen LogP) is 2.90. The van der Waals surface area contributed by atoms with Gasteiger partial charge in [-0.3, -0.25) is 14.5 Å². The molecule has 1 fully saturated rings. The van der Waals surface area contributed by atoms with Crippen molar-refractivity contribution >= 4 is 17.4 Å². The summed E-state index contributed by atoms with van der Waals surface area (Å²) < 4.78 is 13.1. The molecule has 0 unspecified atom stereocenters. The molecular weight excluding hydrogens is 381 g/mol. The minimum absolute atomic E-state index is 0.0874. The number of nitrogens with zero attached hydrogens (tertiary/aromatic N) is 3. The van der Waals surface area contributed by atoms with Crippen LogP contribution in [0.1, 0.15) is 22.3 Å². The SMILES string of the molecule is O=C(CN1CCN(C(=O)c2ccc(F)cc2)CC1)N1CC=C(c2ccccc2)CC1. The minimum atomic E-state index is -0.349. The van der Waals surface area contributed by atoms with Gasteiger partial charge in [-0.2, -0.15) is 0 Å². The van der Waals surface area contributed by atoms with E-state index in [1.807, 2.05) is 23.1 Å². The Balaban J connectivity index is 1.25. The first-order valence-corrected chi connectivity index (χ1v) is 10.4. The molecule has 2 aromatic carbocycles. The van der Waals surface area contributed by atoms with Gasteiger partial charge in [-0.15, -0.1) is 0 Å². The molecule has 2 amide bonds. The Morgan fingerprint density at radius 3 is 2.17 bits per heavy atom. The summed E-state index contributed by atoms with van der Waals surface area (Å²) in [6, 6.07) is 15.9. The number of carbonyl (C=O) groups is 2. The third-order valence-corrected chi connectivity index (χ3v) is 5.82. The van der Waals surface area contributed by atoms with Gasteiger partial charge in [0.1, 0.15) is 5.82 Å². The predicted molar refractivity (Wildman–Crippen MR) is 114 cm³/mol. The highest BCUT2D eigenvalue weighted by Crippen LogP contribution is 2.22. The fourth-order valence-corrected chi connectivity index (χ4v) is 3.99. The van der Waals surface area contributed by atoms with E-state index in [9.17, 15) is 14.0 Å². The van der Waals surface area contributed by atoms with Gasteiger partial charge in [-0.25, -0.2) is 4.39 Å². The summed E-state index contributed by atoms with van der Waals surface area (Å²) in [7, 11) is 0. The monoisotopic (exact) mass is 407 g/mol. The van der Waals surface area contributed by atoms with Crippen molar-refractivity contribution < 1.29 is 14.0 Å². The molecule has 0 saturated carbocycles. The van der Waals surface area contributed by atoms with E-state index in [1.54, 1.807) is 4.90 Å². The van der Waals surface area contributed by atoms with Crippen LogP contribution in [0.5, 0.6) is 0 Å². The maximum Gasteiger partial charge on any atom is 0.253 e. The molecule has 2 aliphatic heterocycles. The highest BCUT2D eigenvalue weighted by Gasteiger charge is 2.25. The zero-order valence-corrected chi connectivity index (χ0v) is 17.0. The topological polar surface area (TPSA) is 43.9 Å². The zero-order valence-electron chi connectivity index (χ0n) is 17.0. The molecule has 2 aromatic rings. The van der Waals surface area contributed by atoms with Crippen molar-refractivity contribution in [1.82, 2.24) is 14.7 Å². The molecule has 0 N–H and O–H groups in total. The highest BCUT2D eigenvalue weighted by atomic mass is 19.1. The summed E-state index contributed by atoms with van der Waals surface area (Å²) in [5.74, 6) is -0.300. The average Bonchev–Trinajstić information content (AvgIpc) is 2.80. The van der Waals surface area contributed by atoms with Gasteiger partial charge in [-0.05, 0) is 41.8 Å². The number of halogens is 1. The smallest absolute Gasteiger partial charge is 0.253 e. The summed E-state index contributed by atoms with van der Waals surface area (Å²) in [4.78, 5) is 31.0. The number of carbonyl (C=O) groups excluding carboxylic acids is 2. The van der Waals surface area contributed by atoms with Crippen LogP contribution in [0.15, 0.2) is 60.7 Å². The Labute approximate surface area is 176 Å². The Kier molecular flexibility index (Phi) is 6.23. The number of benzene rings is 2. The second kappa shape index (κ2) is 9.22. The fraction of sp³-hybridized carbons (Fsp3) is 0.333. The first-order chi connectivity index (χ1) is 14.6. The van der Waals surface area contributed by atoms with Gasteiger partial charge in [0.15, 0.2) is 0 Å². The lowest BCUT2D eigenvalue weighted by atomic mass is 9.99. The number of piperazine rings is 1. The van der Waals surface area contributed by atoms with Crippen LogP contribution < -0.4 is 0 Å². The quantitative estimate of drug-likeness (QED) is 0.783. The van der Waals surface area contributed by atoms with Crippen molar-refractivity contribution in [1.29, 1.82) is 0 Å². The summed E-state index contributed by atoms with van der Waals surface area (Å²) in [6.45, 7) is 4.24. The second-order valence-corrected chi connectivity index (χ2v) is 7.76. The molecular formula is C24H26FN3O2. The van der Waals surface area contributed by atoms with E-state index in [0.29, 0.717) is 44.8 Å². The highest BCUT2D eigenvalue weighted by molar-refractivity contribution is 5.94. The molecule has 156 valence electrons. The lowest BCUT2D eigenvalue weighted by Crippen LogP contribution is -2.51. The molecule has 0 aromatic heterocycles. The molecule has 2 heterocycles. The van der Waals surface area contributed by atoms with Crippen molar-refractivity contribution in [3.8, 4) is 0 Å². The molecule has 0 spiro atoms. The van der Waals surface area contributed by atoms with E-state index >= 15 is 0 Å². The molecule has 0 atom stereocenters. The Bertz CT molecular complexity index is 919. The van der Waals surface area contributed by atoms with Gasteiger partial charge in [-0.1, -0.05) is 36.4 Å². The van der Waals surface area contributed by atoms with Gasteiger partial charge in [0.05, 0.1) is 6.54 Å². The fourth-order valence-electron chi connectivity index (χ4n) is 3.99. The minimum Gasteiger partial charge on any atom is -0.338 e. The van der Waals surface area contributed by atoms with E-state index < -0.39 is 0 Å². The van der Waals surface area contributed by atoms with E-state index in [4.69, 9.17) is 0 Å². The van der Waals surface area contributed by atoms with Gasteiger partial charge in [0.2, 0.25) is 5.91 Å². The van der Waals surface area contributed by atoms with E-state index in [0.717, 1.165) is 13.0 Å². The maximum atomic E-state index is 13.1. The van der Waals surface area contributed by atoms with Gasteiger partial charge in [0, 0.05) is 44.8 Å². The first-order valence-electron chi connectivity index (χ1n) is 10.4. The third kappa shape index (κ3) is 4.76. The van der Waals surface area contributed by atoms with Gasteiger partial charge >= 0.3 is 0 Å². The van der Waals surface area contributed by atoms with Crippen LogP contribution >= 0.6 is 0 Å². The summed E-state index contributed by atoms with van der Waals surface area (Å²) in [6.07, 6.45) is 3.02. The number of rotatable bonds is 4. The third-order valence-electron chi connectivity index (χ3n) is 5.82. The Hall–Kier alpha value is -2.99. The molecule has 0 aliphatic carbocycles. The van der Waals surface area contributed by atoms with Gasteiger partial charge in [0.25, 0.3) is 5.91 Å². The number of amides is 2. The van der Waals surface area contributed by atoms with Crippen molar-refractivity contribution in [3.05, 3.63) is 77.6 Å². The molecule has 2 aliphatic rings. The number of hydrogen-bond donors (Lipinski definition) is 0. The molecule has 0 bridgehead atoms. The van der Waals surface area contributed by atoms with Crippen LogP contribution in [-0.4, -0.2) is 72.3 Å². The molecule has 4 rings (SSSR count). The number of hydrogen-bond acceptors (Lipinski definition) is 3. The first kappa shape index (κ1) is 20.3.